The Bertz CT molecular complexity index is 1120. The highest BCUT2D eigenvalue weighted by Crippen LogP contribution is 2.38. The molecule has 8 nitrogen and oxygen atoms in total. The van der Waals surface area contributed by atoms with Crippen LogP contribution in [0.25, 0.3) is 0 Å². The molecular formula is C19H20ClN3O5S2. The van der Waals surface area contributed by atoms with Crippen molar-refractivity contribution in [1.29, 1.82) is 0 Å². The summed E-state index contributed by atoms with van der Waals surface area (Å²) in [5.74, 6) is -0.155. The molecule has 0 radical (unpaired) electrons. The smallest absolute Gasteiger partial charge is 0.265 e. The molecule has 1 N–H and O–H groups in total. The van der Waals surface area contributed by atoms with Crippen molar-refractivity contribution in [3.8, 4) is 5.75 Å². The molecule has 0 aliphatic carbocycles. The summed E-state index contributed by atoms with van der Waals surface area (Å²) >= 11 is 7.66. The van der Waals surface area contributed by atoms with Crippen LogP contribution in [0.2, 0.25) is 5.02 Å². The maximum absolute atomic E-state index is 13.2. The average Bonchev–Trinajstić information content (AvgIpc) is 3.14. The van der Waals surface area contributed by atoms with Crippen LogP contribution in [0.5, 0.6) is 5.75 Å². The summed E-state index contributed by atoms with van der Waals surface area (Å²) in [6, 6.07) is 6.40. The zero-order valence-corrected chi connectivity index (χ0v) is 18.7. The van der Waals surface area contributed by atoms with Crippen LogP contribution in [0.4, 0.5) is 5.69 Å². The van der Waals surface area contributed by atoms with Crippen molar-refractivity contribution in [3.63, 3.8) is 0 Å². The zero-order chi connectivity index (χ0) is 21.6. The van der Waals surface area contributed by atoms with Gasteiger partial charge in [0.1, 0.15) is 10.6 Å². The molecule has 11 heteroatoms. The third kappa shape index (κ3) is 3.80. The standard InChI is InChI=1S/C19H20ClN3O5S2/c1-11-3-4-16(29-11)19(25)22-5-7-23(8-6-22)30(26,27)17-10-15-14(9-13(17)20)21-18(24)12(2)28-15/h3-4,9-10,12H,5-8H2,1-2H3,(H,21,24). The summed E-state index contributed by atoms with van der Waals surface area (Å²) < 4.78 is 33.2. The van der Waals surface area contributed by atoms with Gasteiger partial charge in [0.2, 0.25) is 10.0 Å². The molecular weight excluding hydrogens is 450 g/mol. The molecule has 1 atom stereocenters. The van der Waals surface area contributed by atoms with Crippen LogP contribution in [-0.4, -0.2) is 61.7 Å². The van der Waals surface area contributed by atoms with Gasteiger partial charge in [-0.1, -0.05) is 11.6 Å². The Morgan fingerprint density at radius 2 is 1.93 bits per heavy atom. The fourth-order valence-electron chi connectivity index (χ4n) is 3.38. The van der Waals surface area contributed by atoms with E-state index in [1.165, 1.54) is 27.8 Å². The van der Waals surface area contributed by atoms with E-state index >= 15 is 0 Å². The number of fused-ring (bicyclic) bond motifs is 1. The Morgan fingerprint density at radius 3 is 2.57 bits per heavy atom. The minimum absolute atomic E-state index is 0.000213. The van der Waals surface area contributed by atoms with Crippen molar-refractivity contribution in [1.82, 2.24) is 9.21 Å². The third-order valence-corrected chi connectivity index (χ3v) is 8.41. The maximum atomic E-state index is 13.2. The minimum Gasteiger partial charge on any atom is -0.479 e. The van der Waals surface area contributed by atoms with Crippen LogP contribution in [0.15, 0.2) is 29.2 Å². The predicted molar refractivity (Wildman–Crippen MR) is 114 cm³/mol. The fourth-order valence-corrected chi connectivity index (χ4v) is 6.16. The third-order valence-electron chi connectivity index (χ3n) is 5.06. The van der Waals surface area contributed by atoms with Crippen LogP contribution in [0.1, 0.15) is 21.5 Å². The number of anilines is 1. The van der Waals surface area contributed by atoms with Gasteiger partial charge in [-0.15, -0.1) is 11.3 Å². The van der Waals surface area contributed by atoms with Gasteiger partial charge in [-0.25, -0.2) is 8.42 Å². The second kappa shape index (κ2) is 7.84. The van der Waals surface area contributed by atoms with Gasteiger partial charge in [0.05, 0.1) is 15.6 Å². The lowest BCUT2D eigenvalue weighted by Gasteiger charge is -2.34. The first-order valence-corrected chi connectivity index (χ1v) is 12.0. The minimum atomic E-state index is -3.89. The van der Waals surface area contributed by atoms with Gasteiger partial charge in [0.25, 0.3) is 11.8 Å². The van der Waals surface area contributed by atoms with Crippen molar-refractivity contribution < 1.29 is 22.7 Å². The predicted octanol–water partition coefficient (Wildman–Crippen LogP) is 2.58. The molecule has 2 amide bonds. The molecule has 1 unspecified atom stereocenters. The van der Waals surface area contributed by atoms with E-state index in [4.69, 9.17) is 16.3 Å². The molecule has 1 aromatic carbocycles. The van der Waals surface area contributed by atoms with Gasteiger partial charge >= 0.3 is 0 Å². The summed E-state index contributed by atoms with van der Waals surface area (Å²) in [5.41, 5.74) is 0.337. The molecule has 2 aromatic rings. The first-order valence-electron chi connectivity index (χ1n) is 9.34. The fraction of sp³-hybridized carbons (Fsp3) is 0.368. The lowest BCUT2D eigenvalue weighted by atomic mass is 10.2. The first-order chi connectivity index (χ1) is 14.2. The van der Waals surface area contributed by atoms with Crippen LogP contribution < -0.4 is 10.1 Å². The number of nitrogens with one attached hydrogen (secondary N) is 1. The molecule has 0 bridgehead atoms. The number of piperazine rings is 1. The number of sulfonamides is 1. The lowest BCUT2D eigenvalue weighted by molar-refractivity contribution is -0.122. The summed E-state index contributed by atoms with van der Waals surface area (Å²) in [4.78, 5) is 27.6. The SMILES string of the molecule is Cc1ccc(C(=O)N2CCN(S(=O)(=O)c3cc4c(cc3Cl)NC(=O)C(C)O4)CC2)s1. The van der Waals surface area contributed by atoms with E-state index in [1.807, 2.05) is 13.0 Å². The van der Waals surface area contributed by atoms with Crippen LogP contribution in [-0.2, 0) is 14.8 Å². The quantitative estimate of drug-likeness (QED) is 0.745. The first kappa shape index (κ1) is 21.1. The maximum Gasteiger partial charge on any atom is 0.265 e. The van der Waals surface area contributed by atoms with Gasteiger partial charge in [-0.3, -0.25) is 9.59 Å². The van der Waals surface area contributed by atoms with Crippen molar-refractivity contribution in [2.45, 2.75) is 24.8 Å². The lowest BCUT2D eigenvalue weighted by Crippen LogP contribution is -2.50. The van der Waals surface area contributed by atoms with Gasteiger partial charge in [0.15, 0.2) is 6.10 Å². The number of amides is 2. The van der Waals surface area contributed by atoms with Gasteiger partial charge in [-0.05, 0) is 32.0 Å². The van der Waals surface area contributed by atoms with Crippen molar-refractivity contribution >= 4 is 50.5 Å². The van der Waals surface area contributed by atoms with Crippen LogP contribution in [0, 0.1) is 6.92 Å². The number of ether oxygens (including phenoxy) is 1. The molecule has 1 fully saturated rings. The Kier molecular flexibility index (Phi) is 5.52. The van der Waals surface area contributed by atoms with Crippen molar-refractivity contribution in [2.75, 3.05) is 31.5 Å². The summed E-state index contributed by atoms with van der Waals surface area (Å²) in [6.07, 6.45) is -0.732. The number of nitrogens with zero attached hydrogens (tertiary/aromatic N) is 2. The average molecular weight is 470 g/mol. The molecule has 0 spiro atoms. The Balaban J connectivity index is 1.52. The number of aryl methyl sites for hydroxylation is 1. The number of hydrogen-bond acceptors (Lipinski definition) is 6. The largest absolute Gasteiger partial charge is 0.479 e. The topological polar surface area (TPSA) is 96.0 Å². The van der Waals surface area contributed by atoms with Crippen molar-refractivity contribution in [2.24, 2.45) is 0 Å². The van der Waals surface area contributed by atoms with Gasteiger partial charge < -0.3 is 15.0 Å². The number of hydrogen-bond donors (Lipinski definition) is 1. The molecule has 2 aliphatic heterocycles. The molecule has 3 heterocycles. The van der Waals surface area contributed by atoms with Gasteiger partial charge in [0, 0.05) is 37.1 Å². The van der Waals surface area contributed by atoms with Crippen molar-refractivity contribution in [3.05, 3.63) is 39.0 Å². The van der Waals surface area contributed by atoms with E-state index in [9.17, 15) is 18.0 Å². The molecule has 30 heavy (non-hydrogen) atoms. The second-order valence-corrected chi connectivity index (χ2v) is 10.7. The van der Waals surface area contributed by atoms with E-state index in [0.29, 0.717) is 23.7 Å². The molecule has 1 saturated heterocycles. The highest BCUT2D eigenvalue weighted by Gasteiger charge is 2.34. The van der Waals surface area contributed by atoms with E-state index < -0.39 is 16.1 Å². The number of rotatable bonds is 3. The van der Waals surface area contributed by atoms with Crippen LogP contribution >= 0.6 is 22.9 Å². The molecule has 160 valence electrons. The number of benzene rings is 1. The molecule has 1 aromatic heterocycles. The Labute approximate surface area is 183 Å². The second-order valence-electron chi connectivity index (χ2n) is 7.13. The highest BCUT2D eigenvalue weighted by molar-refractivity contribution is 7.89. The van der Waals surface area contributed by atoms with E-state index in [-0.39, 0.29) is 40.6 Å². The number of halogens is 1. The van der Waals surface area contributed by atoms with Crippen LogP contribution in [0.3, 0.4) is 0 Å². The van der Waals surface area contributed by atoms with Gasteiger partial charge in [-0.2, -0.15) is 4.31 Å². The monoisotopic (exact) mass is 469 g/mol. The molecule has 0 saturated carbocycles. The molecule has 4 rings (SSSR count). The molecule has 2 aliphatic rings. The normalized spacial score (nSPS) is 19.8. The summed E-state index contributed by atoms with van der Waals surface area (Å²) in [7, 11) is -3.89. The summed E-state index contributed by atoms with van der Waals surface area (Å²) in [5, 5.41) is 2.64. The summed E-state index contributed by atoms with van der Waals surface area (Å²) in [6.45, 7) is 4.43. The number of carbonyl (C=O) groups excluding carboxylic acids is 2. The Morgan fingerprint density at radius 1 is 1.23 bits per heavy atom. The van der Waals surface area contributed by atoms with E-state index in [0.717, 1.165) is 4.88 Å². The number of thiophene rings is 1. The number of carbonyl (C=O) groups is 2. The highest BCUT2D eigenvalue weighted by atomic mass is 35.5. The Hall–Kier alpha value is -2.14. The van der Waals surface area contributed by atoms with E-state index in [2.05, 4.69) is 5.32 Å². The van der Waals surface area contributed by atoms with E-state index in [1.54, 1.807) is 17.9 Å². The zero-order valence-electron chi connectivity index (χ0n) is 16.3.